The number of ether oxygens (including phenoxy) is 5. The van der Waals surface area contributed by atoms with Gasteiger partial charge in [-0.2, -0.15) is 0 Å². The van der Waals surface area contributed by atoms with E-state index in [9.17, 15) is 38.4 Å². The van der Waals surface area contributed by atoms with Gasteiger partial charge in [-0.1, -0.05) is 224 Å². The fraction of sp³-hybridized carbons (Fsp3) is 0.348. The topological polar surface area (TPSA) is 379 Å². The molecular weight excluding hydrogens is 1840 g/mol. The summed E-state index contributed by atoms with van der Waals surface area (Å²) in [5.41, 5.74) is 33.7. The molecule has 6 amide bonds. The number of halogens is 6. The number of nitrogen functional groups attached to an aromatic ring is 1. The second kappa shape index (κ2) is 76.2. The van der Waals surface area contributed by atoms with E-state index < -0.39 is 53.9 Å². The Bertz CT molecular complexity index is 4260. The first-order chi connectivity index (χ1) is 60.6. The quantitative estimate of drug-likeness (QED) is 0.00170. The third-order valence-corrected chi connectivity index (χ3v) is 17.7. The van der Waals surface area contributed by atoms with E-state index in [1.54, 1.807) is 12.1 Å². The van der Waals surface area contributed by atoms with Crippen molar-refractivity contribution < 1.29 is 71.6 Å². The van der Waals surface area contributed by atoms with Crippen molar-refractivity contribution in [3.05, 3.63) is 305 Å². The van der Waals surface area contributed by atoms with Crippen LogP contribution in [0.5, 0.6) is 0 Å². The number of alkyl halides is 2. The summed E-state index contributed by atoms with van der Waals surface area (Å²) in [7, 11) is 9.87. The molecule has 684 valence electrons. The maximum absolute atomic E-state index is 12.6. The second-order valence-electron chi connectivity index (χ2n) is 27.2. The van der Waals surface area contributed by atoms with Gasteiger partial charge in [0.25, 0.3) is 5.91 Å². The molecule has 34 heteroatoms. The van der Waals surface area contributed by atoms with Gasteiger partial charge in [0.15, 0.2) is 6.54 Å². The number of quaternary nitrogens is 1. The van der Waals surface area contributed by atoms with E-state index in [0.29, 0.717) is 57.8 Å². The number of benzene rings is 7. The molecule has 7 aromatic carbocycles. The van der Waals surface area contributed by atoms with Crippen LogP contribution in [0.1, 0.15) is 61.2 Å². The van der Waals surface area contributed by atoms with E-state index in [2.05, 4.69) is 173 Å². The number of hydrogen-bond acceptors (Lipinski definition) is 18. The molecule has 0 aromatic heterocycles. The van der Waals surface area contributed by atoms with Crippen LogP contribution in [0.2, 0.25) is 0 Å². The molecule has 3 saturated heterocycles. The number of alkyl carbamates (subject to hydrolysis) is 4. The van der Waals surface area contributed by atoms with Crippen LogP contribution in [0.4, 0.5) is 41.0 Å². The fourth-order valence-corrected chi connectivity index (χ4v) is 11.2. The SMILES string of the molecule is C=CCOC(=O)Cl.C=CCOC(=O)NCCc1cccc(C)c1.C=CCOC(=O)NCCc1cccc(N)c1.C=CCOC(=O)NCCc1cccc(NC(=O)CCl)c1.C=CCOC(=O)NCCc1cccc(NC(=O)C[N+]23CCN(CC2)CC3)c1.Cc1cccc(CCN)c1.Cc1cccc(CCN=[N+]=[N-])c1.Cc1cccc(CCO)c1.O=C(Cl)CCl.[Cl][Sn][Cl]. The maximum atomic E-state index is 12.6. The molecule has 3 aliphatic rings. The molecule has 2 radical (unpaired) electrons. The number of nitrogens with two attached hydrogens (primary N) is 2. The van der Waals surface area contributed by atoms with Crippen molar-refractivity contribution in [2.24, 2.45) is 10.8 Å². The van der Waals surface area contributed by atoms with E-state index in [-0.39, 0.29) is 63.2 Å². The van der Waals surface area contributed by atoms with Crippen LogP contribution in [-0.2, 0) is 83.0 Å². The molecule has 2 bridgehead atoms. The summed E-state index contributed by atoms with van der Waals surface area (Å²) in [5.74, 6) is -0.355. The minimum atomic E-state index is -0.826. The Morgan fingerprint density at radius 3 is 1.09 bits per heavy atom. The van der Waals surface area contributed by atoms with E-state index in [1.165, 1.54) is 68.8 Å². The Kier molecular flexibility index (Phi) is 70.0. The number of carbonyl (C=O) groups excluding carboxylic acids is 8. The van der Waals surface area contributed by atoms with Crippen molar-refractivity contribution in [3.8, 4) is 0 Å². The molecule has 10 rings (SSSR count). The summed E-state index contributed by atoms with van der Waals surface area (Å²) >= 11 is 18.9. The van der Waals surface area contributed by atoms with Gasteiger partial charge >= 0.3 is 66.5 Å². The first kappa shape index (κ1) is 116. The van der Waals surface area contributed by atoms with Crippen LogP contribution in [0.3, 0.4) is 0 Å². The molecule has 0 aliphatic carbocycles. The predicted molar refractivity (Wildman–Crippen MR) is 513 cm³/mol. The van der Waals surface area contributed by atoms with Crippen molar-refractivity contribution in [1.82, 2.24) is 26.2 Å². The predicted octanol–water partition coefficient (Wildman–Crippen LogP) is 17.1. The van der Waals surface area contributed by atoms with Gasteiger partial charge in [0.1, 0.15) is 38.9 Å². The van der Waals surface area contributed by atoms with Crippen molar-refractivity contribution in [3.63, 3.8) is 0 Å². The first-order valence-electron chi connectivity index (χ1n) is 40.1. The average Bonchev–Trinajstić information content (AvgIpc) is 0.795. The van der Waals surface area contributed by atoms with E-state index in [0.717, 1.165) is 110 Å². The number of carbonyl (C=O) groups is 8. The Morgan fingerprint density at radius 1 is 0.476 bits per heavy atom. The number of rotatable bonds is 35. The van der Waals surface area contributed by atoms with Crippen molar-refractivity contribution >= 4 is 147 Å². The molecule has 7 aromatic rings. The molecule has 11 N–H and O–H groups in total. The Hall–Kier alpha value is -10.1. The van der Waals surface area contributed by atoms with Crippen LogP contribution in [0.25, 0.3) is 10.4 Å². The molecule has 0 saturated carbocycles. The number of aryl methyl sites for hydroxylation is 4. The summed E-state index contributed by atoms with van der Waals surface area (Å²) in [6, 6.07) is 55.8. The number of fused-ring (bicyclic) bond motifs is 3. The van der Waals surface area contributed by atoms with Gasteiger partial charge in [-0.25, -0.2) is 24.0 Å². The van der Waals surface area contributed by atoms with Crippen molar-refractivity contribution in [1.29, 1.82) is 0 Å². The average molecular weight is 1970 g/mol. The molecule has 0 atom stereocenters. The van der Waals surface area contributed by atoms with Gasteiger partial charge in [-0.05, 0) is 172 Å². The standard InChI is InChI=1S/C20H28N4O3.C14H17ClN2O3.C13H17NO2.C12H16N2O2.C9H11N3.C9H13N.C9H12O.C4H5ClO2.C2H2Cl2O.2ClH.Sn/c1-2-14-27-20(26)21-7-6-17-4-3-5-18(15-17)22-19(25)16-24-11-8-23(9-12-24)10-13-24;1-2-8-20-14(19)16-7-6-11-4-3-5-12(9-11)17-13(18)10-15;1-3-9-16-13(15)14-8-7-12-6-4-5-11(2)10-12;1-2-8-16-12(15)14-7-6-10-4-3-5-11(13)9-10;1-8-3-2-4-9(7-8)5-6-11-12-10;2*1-8-3-2-4-9(7-8)5-6-10;1-2-3-7-4(5)6;3-1-2(4)5;;;/h2-5,15H,1,6-14,16H2,(H-,21,22,25,26);2-5,9H,1,6-8,10H2,(H,16,19)(H,17,18);3-6,10H,1,7-9H2,2H3,(H,14,15);2-5,9H,1,6-8,13H2,(H,14,15);2-4,7H,5-6H2,1H3;2-4,7H,5-6,10H2,1H3;2-4,7,10H,5-6H2,1H3;2H,1,3H2;1H2;2*1H;/q;;;;;;;;;;;+2/p-1. The molecule has 3 heterocycles. The Labute approximate surface area is 780 Å². The van der Waals surface area contributed by atoms with Crippen LogP contribution < -0.4 is 43.4 Å². The van der Waals surface area contributed by atoms with Gasteiger partial charge < -0.3 is 76.6 Å². The number of nitrogens with one attached hydrogen (secondary N) is 6. The van der Waals surface area contributed by atoms with Crippen LogP contribution >= 0.6 is 64.2 Å². The van der Waals surface area contributed by atoms with Gasteiger partial charge in [0, 0.05) is 92.5 Å². The van der Waals surface area contributed by atoms with Crippen molar-refractivity contribution in [2.75, 3.05) is 153 Å². The zero-order valence-corrected chi connectivity index (χ0v) is 79.7. The van der Waals surface area contributed by atoms with Gasteiger partial charge in [0.2, 0.25) is 11.1 Å². The summed E-state index contributed by atoms with van der Waals surface area (Å²) in [6.07, 6.45) is 11.2. The summed E-state index contributed by atoms with van der Waals surface area (Å²) < 4.78 is 24.3. The number of amides is 6. The van der Waals surface area contributed by atoms with Gasteiger partial charge in [-0.3, -0.25) is 19.3 Å². The molecule has 126 heavy (non-hydrogen) atoms. The normalized spacial score (nSPS) is 12.3. The number of aliphatic hydroxyl groups excluding tert-OH is 1. The van der Waals surface area contributed by atoms with Crippen molar-refractivity contribution in [2.45, 2.75) is 72.6 Å². The van der Waals surface area contributed by atoms with E-state index in [1.807, 2.05) is 103 Å². The zero-order chi connectivity index (χ0) is 93.8. The third kappa shape index (κ3) is 64.6. The second-order valence-corrected chi connectivity index (χ2v) is 32.7. The zero-order valence-electron chi connectivity index (χ0n) is 72.3. The molecule has 0 spiro atoms. The molecule has 0 unspecified atom stereocenters. The molecule has 3 fully saturated rings. The van der Waals surface area contributed by atoms with Crippen LogP contribution in [0.15, 0.2) is 238 Å². The summed E-state index contributed by atoms with van der Waals surface area (Å²) in [6.45, 7) is 37.1. The number of nitrogens with zero attached hydrogens (tertiary/aromatic N) is 5. The molecule has 3 aliphatic heterocycles. The number of aliphatic hydroxyl groups is 1. The number of azide groups is 1. The Balaban J connectivity index is 0.00000144. The van der Waals surface area contributed by atoms with E-state index >= 15 is 0 Å². The number of anilines is 3. The summed E-state index contributed by atoms with van der Waals surface area (Å²) in [5, 5.41) is 27.9. The van der Waals surface area contributed by atoms with Crippen LogP contribution in [-0.4, -0.2) is 217 Å². The minimum absolute atomic E-state index is 0.0774. The molecular formula is C92H122Cl6N13O14Sn+. The van der Waals surface area contributed by atoms with E-state index in [4.69, 9.17) is 105 Å². The fourth-order valence-electron chi connectivity index (χ4n) is 11.1. The monoisotopic (exact) mass is 1960 g/mol. The molecule has 27 nitrogen and oxygen atoms in total. The summed E-state index contributed by atoms with van der Waals surface area (Å²) in [4.78, 5) is 92.8. The number of hydrogen-bond donors (Lipinski definition) is 9. The number of piperazine rings is 3. The first-order valence-corrected chi connectivity index (χ1v) is 49.2. The third-order valence-electron chi connectivity index (χ3n) is 16.9. The van der Waals surface area contributed by atoms with Crippen LogP contribution in [0, 0.1) is 27.7 Å². The van der Waals surface area contributed by atoms with Gasteiger partial charge in [0.05, 0.1) is 25.5 Å². The Morgan fingerprint density at radius 2 is 0.786 bits per heavy atom. The van der Waals surface area contributed by atoms with Gasteiger partial charge in [-0.15, -0.1) is 23.2 Å².